The molecule has 4 rings (SSSR count). The van der Waals surface area contributed by atoms with Crippen LogP contribution in [0.1, 0.15) is 11.4 Å². The molecule has 0 amide bonds. The number of hydrogen-bond donors (Lipinski definition) is 2. The van der Waals surface area contributed by atoms with Crippen LogP contribution in [0.2, 0.25) is 5.02 Å². The number of benzene rings is 1. The molecule has 11 heteroatoms. The van der Waals surface area contributed by atoms with E-state index in [4.69, 9.17) is 27.2 Å². The van der Waals surface area contributed by atoms with Crippen LogP contribution in [0.3, 0.4) is 0 Å². The van der Waals surface area contributed by atoms with Crippen LogP contribution in [0, 0.1) is 6.92 Å². The van der Waals surface area contributed by atoms with Crippen LogP contribution in [0.5, 0.6) is 0 Å². The summed E-state index contributed by atoms with van der Waals surface area (Å²) in [6.07, 6.45) is -5.08. The molecule has 0 radical (unpaired) electrons. The lowest BCUT2D eigenvalue weighted by molar-refractivity contribution is -0.192. The van der Waals surface area contributed by atoms with Crippen LogP contribution in [0.4, 0.5) is 24.9 Å². The normalized spacial score (nSPS) is 13.6. The van der Waals surface area contributed by atoms with Crippen molar-refractivity contribution in [1.82, 2.24) is 14.5 Å². The van der Waals surface area contributed by atoms with Crippen molar-refractivity contribution in [3.8, 4) is 0 Å². The van der Waals surface area contributed by atoms with Crippen LogP contribution in [0.15, 0.2) is 30.3 Å². The summed E-state index contributed by atoms with van der Waals surface area (Å²) in [5.74, 6) is -1.55. The minimum absolute atomic E-state index is 0.323. The summed E-state index contributed by atoms with van der Waals surface area (Å²) in [7, 11) is 0. The van der Waals surface area contributed by atoms with Gasteiger partial charge in [0.15, 0.2) is 0 Å². The van der Waals surface area contributed by atoms with E-state index in [1.807, 2.05) is 25.1 Å². The molecule has 1 aliphatic heterocycles. The molecule has 1 aliphatic rings. The summed E-state index contributed by atoms with van der Waals surface area (Å²) >= 11 is 6.31. The lowest BCUT2D eigenvalue weighted by atomic mass is 10.2. The number of nitrogen functional groups attached to an aromatic ring is 1. The number of aryl methyl sites for hydroxylation is 1. The quantitative estimate of drug-likeness (QED) is 0.615. The van der Waals surface area contributed by atoms with Crippen molar-refractivity contribution in [2.45, 2.75) is 26.2 Å². The van der Waals surface area contributed by atoms with Gasteiger partial charge in [0, 0.05) is 46.5 Å². The van der Waals surface area contributed by atoms with Gasteiger partial charge in [0.05, 0.1) is 6.54 Å². The Morgan fingerprint density at radius 2 is 1.93 bits per heavy atom. The number of carboxylic acids is 1. The predicted molar refractivity (Wildman–Crippen MR) is 103 cm³/mol. The zero-order valence-corrected chi connectivity index (χ0v) is 16.0. The highest BCUT2D eigenvalue weighted by molar-refractivity contribution is 6.35. The SMILES string of the molecule is Cc1cc(N2CCn3c(cc4c(Cl)cccc43)C2)nc(N)n1.O=C(O)C(F)(F)F. The second kappa shape index (κ2) is 7.78. The van der Waals surface area contributed by atoms with Gasteiger partial charge in [0.1, 0.15) is 5.82 Å². The minimum atomic E-state index is -5.08. The third kappa shape index (κ3) is 4.53. The molecule has 0 atom stereocenters. The van der Waals surface area contributed by atoms with Gasteiger partial charge >= 0.3 is 12.1 Å². The average molecular weight is 428 g/mol. The van der Waals surface area contributed by atoms with Crippen molar-refractivity contribution >= 4 is 40.2 Å². The fraction of sp³-hybridized carbons (Fsp3) is 0.278. The monoisotopic (exact) mass is 427 g/mol. The van der Waals surface area contributed by atoms with Gasteiger partial charge in [-0.15, -0.1) is 0 Å². The average Bonchev–Trinajstić information content (AvgIpc) is 3.00. The standard InChI is InChI=1S/C16H16ClN5.C2HF3O2/c1-10-7-15(20-16(18)19-10)21-5-6-22-11(9-21)8-12-13(17)3-2-4-14(12)22;3-2(4,5)1(6)7/h2-4,7-8H,5-6,9H2,1H3,(H2,18,19,20);(H,6,7). The first-order chi connectivity index (χ1) is 13.6. The summed E-state index contributed by atoms with van der Waals surface area (Å²) in [6.45, 7) is 4.52. The molecule has 0 fully saturated rings. The molecule has 0 saturated heterocycles. The van der Waals surface area contributed by atoms with Crippen LogP contribution < -0.4 is 10.6 Å². The van der Waals surface area contributed by atoms with E-state index in [9.17, 15) is 13.2 Å². The van der Waals surface area contributed by atoms with Crippen molar-refractivity contribution in [2.24, 2.45) is 0 Å². The fourth-order valence-electron chi connectivity index (χ4n) is 3.13. The number of anilines is 2. The third-order valence-electron chi connectivity index (χ3n) is 4.35. The van der Waals surface area contributed by atoms with Gasteiger partial charge in [-0.05, 0) is 25.1 Å². The molecule has 1 aromatic carbocycles. The number of carbonyl (C=O) groups is 1. The Morgan fingerprint density at radius 1 is 1.24 bits per heavy atom. The third-order valence-corrected chi connectivity index (χ3v) is 4.68. The largest absolute Gasteiger partial charge is 0.490 e. The van der Waals surface area contributed by atoms with Gasteiger partial charge in [0.2, 0.25) is 5.95 Å². The molecule has 2 aromatic heterocycles. The molecule has 0 saturated carbocycles. The maximum Gasteiger partial charge on any atom is 0.490 e. The molecule has 3 heterocycles. The van der Waals surface area contributed by atoms with E-state index >= 15 is 0 Å². The summed E-state index contributed by atoms with van der Waals surface area (Å²) in [6, 6.07) is 10.2. The number of fused-ring (bicyclic) bond motifs is 3. The molecule has 0 unspecified atom stereocenters. The van der Waals surface area contributed by atoms with E-state index in [0.717, 1.165) is 41.6 Å². The first-order valence-corrected chi connectivity index (χ1v) is 8.87. The summed E-state index contributed by atoms with van der Waals surface area (Å²) in [5, 5.41) is 9.03. The van der Waals surface area contributed by atoms with E-state index in [2.05, 4.69) is 31.6 Å². The Hall–Kier alpha value is -3.01. The first-order valence-electron chi connectivity index (χ1n) is 8.49. The van der Waals surface area contributed by atoms with Crippen LogP contribution in [-0.2, 0) is 17.9 Å². The fourth-order valence-corrected chi connectivity index (χ4v) is 3.35. The Labute approximate surface area is 168 Å². The minimum Gasteiger partial charge on any atom is -0.475 e. The Bertz CT molecular complexity index is 1050. The lowest BCUT2D eigenvalue weighted by Crippen LogP contribution is -2.34. The molecule has 0 spiro atoms. The maximum atomic E-state index is 10.6. The van der Waals surface area contributed by atoms with Crippen molar-refractivity contribution in [3.05, 3.63) is 46.7 Å². The van der Waals surface area contributed by atoms with Gasteiger partial charge in [0.25, 0.3) is 0 Å². The van der Waals surface area contributed by atoms with Crippen LogP contribution in [-0.4, -0.2) is 38.3 Å². The zero-order valence-electron chi connectivity index (χ0n) is 15.2. The number of carboxylic acid groups (broad SMARTS) is 1. The van der Waals surface area contributed by atoms with Gasteiger partial charge in [-0.25, -0.2) is 9.78 Å². The molecule has 29 heavy (non-hydrogen) atoms. The lowest BCUT2D eigenvalue weighted by Gasteiger charge is -2.30. The Morgan fingerprint density at radius 3 is 2.55 bits per heavy atom. The Balaban J connectivity index is 0.000000298. The predicted octanol–water partition coefficient (Wildman–Crippen LogP) is 3.63. The highest BCUT2D eigenvalue weighted by Crippen LogP contribution is 2.30. The number of aliphatic carboxylic acids is 1. The zero-order chi connectivity index (χ0) is 21.3. The highest BCUT2D eigenvalue weighted by Gasteiger charge is 2.38. The van der Waals surface area contributed by atoms with E-state index in [1.54, 1.807) is 0 Å². The van der Waals surface area contributed by atoms with Crippen molar-refractivity contribution in [1.29, 1.82) is 0 Å². The summed E-state index contributed by atoms with van der Waals surface area (Å²) < 4.78 is 34.1. The molecule has 7 nitrogen and oxygen atoms in total. The molecular formula is C18H17ClF3N5O2. The van der Waals surface area contributed by atoms with Crippen molar-refractivity contribution < 1.29 is 23.1 Å². The van der Waals surface area contributed by atoms with Crippen LogP contribution in [0.25, 0.3) is 10.9 Å². The van der Waals surface area contributed by atoms with Crippen molar-refractivity contribution in [3.63, 3.8) is 0 Å². The van der Waals surface area contributed by atoms with Gasteiger partial charge in [-0.1, -0.05) is 17.7 Å². The second-order valence-corrected chi connectivity index (χ2v) is 6.82. The molecule has 3 aromatic rings. The maximum absolute atomic E-state index is 10.6. The number of nitrogens with two attached hydrogens (primary N) is 1. The number of nitrogens with zero attached hydrogens (tertiary/aromatic N) is 4. The summed E-state index contributed by atoms with van der Waals surface area (Å²) in [4.78, 5) is 19.6. The van der Waals surface area contributed by atoms with E-state index in [0.29, 0.717) is 5.95 Å². The van der Waals surface area contributed by atoms with E-state index < -0.39 is 12.1 Å². The molecular weight excluding hydrogens is 411 g/mol. The van der Waals surface area contributed by atoms with Gasteiger partial charge in [-0.3, -0.25) is 0 Å². The molecule has 0 aliphatic carbocycles. The second-order valence-electron chi connectivity index (χ2n) is 6.41. The number of aromatic nitrogens is 3. The molecule has 154 valence electrons. The van der Waals surface area contributed by atoms with Gasteiger partial charge < -0.3 is 20.3 Å². The Kier molecular flexibility index (Phi) is 5.56. The highest BCUT2D eigenvalue weighted by atomic mass is 35.5. The van der Waals surface area contributed by atoms with E-state index in [-0.39, 0.29) is 0 Å². The molecule has 0 bridgehead atoms. The van der Waals surface area contributed by atoms with Crippen molar-refractivity contribution in [2.75, 3.05) is 17.2 Å². The number of rotatable bonds is 1. The number of hydrogen-bond acceptors (Lipinski definition) is 5. The van der Waals surface area contributed by atoms with Crippen LogP contribution >= 0.6 is 11.6 Å². The smallest absolute Gasteiger partial charge is 0.475 e. The van der Waals surface area contributed by atoms with E-state index in [1.165, 1.54) is 11.2 Å². The number of alkyl halides is 3. The summed E-state index contributed by atoms with van der Waals surface area (Å²) in [5.41, 5.74) is 9.09. The first kappa shape index (κ1) is 20.7. The topological polar surface area (TPSA) is 97.3 Å². The van der Waals surface area contributed by atoms with Gasteiger partial charge in [-0.2, -0.15) is 18.2 Å². The molecule has 3 N–H and O–H groups in total. The number of halogens is 4.